The van der Waals surface area contributed by atoms with Gasteiger partial charge in [0.15, 0.2) is 12.2 Å². The minimum Gasteiger partial charge on any atom is -0.462 e. The van der Waals surface area contributed by atoms with Gasteiger partial charge in [-0.2, -0.15) is 0 Å². The first-order chi connectivity index (χ1) is 41.6. The number of esters is 4. The first kappa shape index (κ1) is 85.1. The highest BCUT2D eigenvalue weighted by Crippen LogP contribution is 2.45. The highest BCUT2D eigenvalue weighted by Gasteiger charge is 2.30. The number of unbranched alkanes of at least 4 members (excludes halogenated alkanes) is 30. The third-order valence-electron chi connectivity index (χ3n) is 15.9. The van der Waals surface area contributed by atoms with Crippen molar-refractivity contribution in [2.75, 3.05) is 39.6 Å². The maximum Gasteiger partial charge on any atom is 0.472 e. The molecule has 17 nitrogen and oxygen atoms in total. The van der Waals surface area contributed by atoms with Crippen LogP contribution in [0.1, 0.15) is 331 Å². The predicted molar refractivity (Wildman–Crippen MR) is 349 cm³/mol. The molecule has 3 unspecified atom stereocenters. The molecule has 0 saturated carbocycles. The van der Waals surface area contributed by atoms with E-state index in [0.29, 0.717) is 31.6 Å². The largest absolute Gasteiger partial charge is 0.472 e. The van der Waals surface area contributed by atoms with Crippen molar-refractivity contribution >= 4 is 39.5 Å². The molecule has 3 N–H and O–H groups in total. The highest BCUT2D eigenvalue weighted by atomic mass is 31.2. The smallest absolute Gasteiger partial charge is 0.462 e. The van der Waals surface area contributed by atoms with Gasteiger partial charge in [-0.15, -0.1) is 0 Å². The molecule has 0 radical (unpaired) electrons. The van der Waals surface area contributed by atoms with Gasteiger partial charge in [0.1, 0.15) is 19.3 Å². The van der Waals surface area contributed by atoms with E-state index in [4.69, 9.17) is 37.0 Å². The van der Waals surface area contributed by atoms with E-state index in [9.17, 15) is 43.2 Å². The summed E-state index contributed by atoms with van der Waals surface area (Å²) in [5, 5.41) is 10.6. The van der Waals surface area contributed by atoms with Crippen LogP contribution in [0.25, 0.3) is 0 Å². The zero-order valence-electron chi connectivity index (χ0n) is 56.6. The van der Waals surface area contributed by atoms with Crippen LogP contribution >= 0.6 is 15.6 Å². The summed E-state index contributed by atoms with van der Waals surface area (Å²) in [6.45, 7) is 14.0. The SMILES string of the molecule is CCC(C)CCCCCCCCC(=O)OC[C@H](COP(=O)(O)OC[C@@H](O)COP(=O)(O)OC[C@@H](COC(=O)CCCCCCCCC(C)C)OC(=O)CCCCCCCCCCCCC(C)C)OC(=O)CCCCCCCCCCCCCCC(C)C. The summed E-state index contributed by atoms with van der Waals surface area (Å²) in [7, 11) is -9.90. The summed E-state index contributed by atoms with van der Waals surface area (Å²) >= 11 is 0. The fourth-order valence-corrected chi connectivity index (χ4v) is 11.7. The van der Waals surface area contributed by atoms with E-state index >= 15 is 0 Å². The van der Waals surface area contributed by atoms with E-state index in [-0.39, 0.29) is 25.7 Å². The van der Waals surface area contributed by atoms with Crippen molar-refractivity contribution in [1.29, 1.82) is 0 Å². The summed E-state index contributed by atoms with van der Waals surface area (Å²) in [5.41, 5.74) is 0. The van der Waals surface area contributed by atoms with Gasteiger partial charge in [0, 0.05) is 25.7 Å². The average molecular weight is 1280 g/mol. The van der Waals surface area contributed by atoms with Gasteiger partial charge in [-0.1, -0.05) is 280 Å². The third kappa shape index (κ3) is 61.3. The summed E-state index contributed by atoms with van der Waals surface area (Å²) in [6.07, 6.45) is 39.1. The van der Waals surface area contributed by atoms with Crippen LogP contribution in [0.4, 0.5) is 0 Å². The van der Waals surface area contributed by atoms with E-state index in [2.05, 4.69) is 55.4 Å². The molecule has 0 saturated heterocycles. The molecule has 0 aliphatic carbocycles. The van der Waals surface area contributed by atoms with Crippen LogP contribution in [0.3, 0.4) is 0 Å². The molecule has 0 aromatic heterocycles. The van der Waals surface area contributed by atoms with Gasteiger partial charge in [0.25, 0.3) is 0 Å². The second-order valence-electron chi connectivity index (χ2n) is 26.2. The molecular weight excluding hydrogens is 1150 g/mol. The van der Waals surface area contributed by atoms with Crippen LogP contribution in [-0.2, 0) is 65.4 Å². The maximum atomic E-state index is 13.0. The Hall–Kier alpha value is -1.94. The lowest BCUT2D eigenvalue weighted by Gasteiger charge is -2.21. The topological polar surface area (TPSA) is 237 Å². The van der Waals surface area contributed by atoms with E-state index in [1.807, 2.05) is 0 Å². The molecule has 0 spiro atoms. The molecule has 0 bridgehead atoms. The van der Waals surface area contributed by atoms with Crippen LogP contribution in [0.15, 0.2) is 0 Å². The molecule has 6 atom stereocenters. The Labute approximate surface area is 530 Å². The van der Waals surface area contributed by atoms with Gasteiger partial charge in [0.2, 0.25) is 0 Å². The van der Waals surface area contributed by atoms with Crippen molar-refractivity contribution < 1.29 is 80.2 Å². The van der Waals surface area contributed by atoms with Crippen LogP contribution in [0, 0.1) is 23.7 Å². The van der Waals surface area contributed by atoms with E-state index in [1.165, 1.54) is 122 Å². The van der Waals surface area contributed by atoms with E-state index < -0.39 is 97.5 Å². The van der Waals surface area contributed by atoms with Crippen molar-refractivity contribution in [2.24, 2.45) is 23.7 Å². The minimum absolute atomic E-state index is 0.104. The molecule has 0 heterocycles. The molecule has 516 valence electrons. The summed E-state index contributed by atoms with van der Waals surface area (Å²) in [6, 6.07) is 0. The monoisotopic (exact) mass is 1280 g/mol. The number of carbonyl (C=O) groups excluding carboxylic acids is 4. The zero-order valence-corrected chi connectivity index (χ0v) is 58.4. The molecule has 0 aliphatic rings. The quantitative estimate of drug-likeness (QED) is 0.0222. The van der Waals surface area contributed by atoms with Gasteiger partial charge in [-0.25, -0.2) is 9.13 Å². The first-order valence-electron chi connectivity index (χ1n) is 35.2. The van der Waals surface area contributed by atoms with Gasteiger partial charge in [-0.3, -0.25) is 37.3 Å². The number of ether oxygens (including phenoxy) is 4. The lowest BCUT2D eigenvalue weighted by Crippen LogP contribution is -2.30. The van der Waals surface area contributed by atoms with E-state index in [0.717, 1.165) is 120 Å². The number of rotatable bonds is 65. The van der Waals surface area contributed by atoms with Crippen molar-refractivity contribution in [3.8, 4) is 0 Å². The van der Waals surface area contributed by atoms with Crippen molar-refractivity contribution in [3.63, 3.8) is 0 Å². The maximum absolute atomic E-state index is 13.0. The summed E-state index contributed by atoms with van der Waals surface area (Å²) < 4.78 is 68.2. The Balaban J connectivity index is 5.24. The van der Waals surface area contributed by atoms with Crippen molar-refractivity contribution in [1.82, 2.24) is 0 Å². The predicted octanol–water partition coefficient (Wildman–Crippen LogP) is 18.9. The van der Waals surface area contributed by atoms with Gasteiger partial charge >= 0.3 is 39.5 Å². The highest BCUT2D eigenvalue weighted by molar-refractivity contribution is 7.47. The molecule has 0 aliphatic heterocycles. The fraction of sp³-hybridized carbons (Fsp3) is 0.941. The summed E-state index contributed by atoms with van der Waals surface area (Å²) in [4.78, 5) is 72.4. The number of carbonyl (C=O) groups is 4. The van der Waals surface area contributed by atoms with Crippen LogP contribution in [-0.4, -0.2) is 96.7 Å². The zero-order chi connectivity index (χ0) is 64.7. The number of hydrogen-bond acceptors (Lipinski definition) is 15. The standard InChI is InChI=1S/C68H132O17P2/c1-9-61(8)47-39-31-25-27-33-41-49-66(71)79-55-64(85-67(72)50-42-34-22-18-13-11-10-12-16-20-28-36-44-58(2)3)57-83-87(76,77)81-53-62(69)52-80-86(74,75)82-56-63(54-78-65(70)48-40-32-26-24-30-38-46-60(6)7)84-68(73)51-43-35-23-19-15-14-17-21-29-37-45-59(4)5/h58-64,69H,9-57H2,1-8H3,(H,74,75)(H,76,77)/t61?,62-,63+,64+/m0/s1. The Morgan fingerprint density at radius 1 is 0.322 bits per heavy atom. The molecule has 0 amide bonds. The Kier molecular flexibility index (Phi) is 56.6. The number of aliphatic hydroxyl groups is 1. The lowest BCUT2D eigenvalue weighted by atomic mass is 10.00. The lowest BCUT2D eigenvalue weighted by molar-refractivity contribution is -0.161. The molecule has 19 heteroatoms. The second-order valence-corrected chi connectivity index (χ2v) is 29.1. The number of phosphoric acid groups is 2. The average Bonchev–Trinajstić information content (AvgIpc) is 3.67. The Morgan fingerprint density at radius 2 is 0.552 bits per heavy atom. The molecular formula is C68H132O17P2. The second kappa shape index (κ2) is 57.9. The molecule has 87 heavy (non-hydrogen) atoms. The number of aliphatic hydroxyl groups excluding tert-OH is 1. The van der Waals surface area contributed by atoms with Crippen LogP contribution < -0.4 is 0 Å². The molecule has 0 fully saturated rings. The number of hydrogen-bond donors (Lipinski definition) is 3. The van der Waals surface area contributed by atoms with E-state index in [1.54, 1.807) is 0 Å². The Bertz CT molecular complexity index is 1730. The van der Waals surface area contributed by atoms with Crippen LogP contribution in [0.2, 0.25) is 0 Å². The van der Waals surface area contributed by atoms with Crippen LogP contribution in [0.5, 0.6) is 0 Å². The van der Waals surface area contributed by atoms with Gasteiger partial charge in [-0.05, 0) is 49.4 Å². The normalized spacial score (nSPS) is 14.6. The fourth-order valence-electron chi connectivity index (χ4n) is 10.1. The van der Waals surface area contributed by atoms with Crippen molar-refractivity contribution in [3.05, 3.63) is 0 Å². The minimum atomic E-state index is -4.95. The van der Waals surface area contributed by atoms with Crippen molar-refractivity contribution in [2.45, 2.75) is 350 Å². The first-order valence-corrected chi connectivity index (χ1v) is 38.2. The molecule has 0 aromatic rings. The third-order valence-corrected chi connectivity index (χ3v) is 17.8. The Morgan fingerprint density at radius 3 is 0.816 bits per heavy atom. The summed E-state index contributed by atoms with van der Waals surface area (Å²) in [5.74, 6) is 0.804. The number of phosphoric ester groups is 2. The molecule has 0 rings (SSSR count). The van der Waals surface area contributed by atoms with Gasteiger partial charge in [0.05, 0.1) is 26.4 Å². The molecule has 0 aromatic carbocycles. The van der Waals surface area contributed by atoms with Gasteiger partial charge < -0.3 is 33.8 Å².